The van der Waals surface area contributed by atoms with Crippen LogP contribution in [0.5, 0.6) is 0 Å². The molecule has 1 unspecified atom stereocenters. The molecule has 1 fully saturated rings. The van der Waals surface area contributed by atoms with Crippen molar-refractivity contribution in [3.63, 3.8) is 0 Å². The average molecular weight is 248 g/mol. The number of pyridine rings is 1. The van der Waals surface area contributed by atoms with E-state index in [0.717, 1.165) is 18.5 Å². The standard InChI is InChI=1S/C14H20N2O2/c1-14(2,18)12-5-7-16(10-12)13(17)8-11-4-3-6-15-9-11/h3-4,6,9,12,18H,5,7-8,10H2,1-2H3. The molecule has 1 amide bonds. The first kappa shape index (κ1) is 13.0. The molecule has 0 spiro atoms. The molecule has 1 aliphatic rings. The molecule has 98 valence electrons. The zero-order chi connectivity index (χ0) is 13.2. The summed E-state index contributed by atoms with van der Waals surface area (Å²) in [4.78, 5) is 18.0. The van der Waals surface area contributed by atoms with Gasteiger partial charge in [-0.05, 0) is 31.9 Å². The number of aromatic nitrogens is 1. The summed E-state index contributed by atoms with van der Waals surface area (Å²) in [5.74, 6) is 0.296. The second-order valence-corrected chi connectivity index (χ2v) is 5.52. The minimum absolute atomic E-state index is 0.120. The number of rotatable bonds is 3. The van der Waals surface area contributed by atoms with Crippen LogP contribution in [0, 0.1) is 5.92 Å². The molecule has 1 aliphatic heterocycles. The summed E-state index contributed by atoms with van der Waals surface area (Å²) in [6, 6.07) is 3.75. The molecular formula is C14H20N2O2. The van der Waals surface area contributed by atoms with Crippen LogP contribution in [0.2, 0.25) is 0 Å². The van der Waals surface area contributed by atoms with E-state index < -0.39 is 5.60 Å². The number of amides is 1. The van der Waals surface area contributed by atoms with E-state index in [9.17, 15) is 9.90 Å². The van der Waals surface area contributed by atoms with E-state index in [1.165, 1.54) is 0 Å². The molecule has 4 nitrogen and oxygen atoms in total. The summed E-state index contributed by atoms with van der Waals surface area (Å²) in [5, 5.41) is 9.96. The van der Waals surface area contributed by atoms with Crippen molar-refractivity contribution in [2.24, 2.45) is 5.92 Å². The Balaban J connectivity index is 1.92. The van der Waals surface area contributed by atoms with Crippen LogP contribution in [0.15, 0.2) is 24.5 Å². The monoisotopic (exact) mass is 248 g/mol. The molecule has 18 heavy (non-hydrogen) atoms. The van der Waals surface area contributed by atoms with Crippen LogP contribution in [-0.4, -0.2) is 39.6 Å². The van der Waals surface area contributed by atoms with Crippen molar-refractivity contribution in [1.82, 2.24) is 9.88 Å². The van der Waals surface area contributed by atoms with Crippen molar-refractivity contribution in [1.29, 1.82) is 0 Å². The van der Waals surface area contributed by atoms with Crippen LogP contribution in [0.4, 0.5) is 0 Å². The highest BCUT2D eigenvalue weighted by molar-refractivity contribution is 5.78. The maximum atomic E-state index is 12.1. The molecule has 0 aliphatic carbocycles. The highest BCUT2D eigenvalue weighted by Crippen LogP contribution is 2.27. The summed E-state index contributed by atoms with van der Waals surface area (Å²) in [7, 11) is 0. The van der Waals surface area contributed by atoms with Crippen LogP contribution in [-0.2, 0) is 11.2 Å². The molecule has 0 saturated carbocycles. The number of likely N-dealkylation sites (tertiary alicyclic amines) is 1. The van der Waals surface area contributed by atoms with Gasteiger partial charge in [0.1, 0.15) is 0 Å². The molecule has 0 radical (unpaired) electrons. The Hall–Kier alpha value is -1.42. The van der Waals surface area contributed by atoms with Crippen LogP contribution in [0.3, 0.4) is 0 Å². The van der Waals surface area contributed by atoms with Gasteiger partial charge in [0.15, 0.2) is 0 Å². The van der Waals surface area contributed by atoms with Crippen LogP contribution in [0.25, 0.3) is 0 Å². The highest BCUT2D eigenvalue weighted by atomic mass is 16.3. The lowest BCUT2D eigenvalue weighted by atomic mass is 9.90. The lowest BCUT2D eigenvalue weighted by Gasteiger charge is -2.25. The van der Waals surface area contributed by atoms with Crippen molar-refractivity contribution in [3.05, 3.63) is 30.1 Å². The Kier molecular flexibility index (Phi) is 3.66. The van der Waals surface area contributed by atoms with Gasteiger partial charge in [0.25, 0.3) is 0 Å². The topological polar surface area (TPSA) is 53.4 Å². The summed E-state index contributed by atoms with van der Waals surface area (Å²) in [6.07, 6.45) is 4.70. The van der Waals surface area contributed by atoms with Gasteiger partial charge >= 0.3 is 0 Å². The van der Waals surface area contributed by atoms with E-state index in [0.29, 0.717) is 13.0 Å². The molecule has 1 aromatic rings. The number of nitrogens with zero attached hydrogens (tertiary/aromatic N) is 2. The summed E-state index contributed by atoms with van der Waals surface area (Å²) in [6.45, 7) is 5.02. The van der Waals surface area contributed by atoms with Gasteiger partial charge in [0.05, 0.1) is 12.0 Å². The number of aliphatic hydroxyl groups is 1. The number of hydrogen-bond donors (Lipinski definition) is 1. The maximum Gasteiger partial charge on any atom is 0.227 e. The smallest absolute Gasteiger partial charge is 0.227 e. The van der Waals surface area contributed by atoms with Crippen LogP contribution < -0.4 is 0 Å². The third kappa shape index (κ3) is 3.07. The Bertz CT molecular complexity index is 412. The van der Waals surface area contributed by atoms with E-state index >= 15 is 0 Å². The van der Waals surface area contributed by atoms with Gasteiger partial charge in [-0.2, -0.15) is 0 Å². The molecule has 1 N–H and O–H groups in total. The van der Waals surface area contributed by atoms with E-state index in [-0.39, 0.29) is 11.8 Å². The third-order valence-electron chi connectivity index (χ3n) is 3.62. The van der Waals surface area contributed by atoms with Gasteiger partial charge in [-0.3, -0.25) is 9.78 Å². The molecule has 2 rings (SSSR count). The fourth-order valence-electron chi connectivity index (χ4n) is 2.35. The van der Waals surface area contributed by atoms with Crippen molar-refractivity contribution >= 4 is 5.91 Å². The molecule has 0 bridgehead atoms. The Morgan fingerprint density at radius 1 is 1.61 bits per heavy atom. The predicted molar refractivity (Wildman–Crippen MR) is 68.9 cm³/mol. The normalized spacial score (nSPS) is 20.2. The number of carbonyl (C=O) groups is 1. The second kappa shape index (κ2) is 5.06. The van der Waals surface area contributed by atoms with Crippen molar-refractivity contribution in [2.75, 3.05) is 13.1 Å². The fourth-order valence-corrected chi connectivity index (χ4v) is 2.35. The Labute approximate surface area is 108 Å². The Morgan fingerprint density at radius 2 is 2.39 bits per heavy atom. The first-order valence-electron chi connectivity index (χ1n) is 6.36. The van der Waals surface area contributed by atoms with Gasteiger partial charge < -0.3 is 10.0 Å². The van der Waals surface area contributed by atoms with Crippen molar-refractivity contribution in [3.8, 4) is 0 Å². The molecule has 1 aromatic heterocycles. The second-order valence-electron chi connectivity index (χ2n) is 5.52. The zero-order valence-corrected chi connectivity index (χ0v) is 11.0. The van der Waals surface area contributed by atoms with Gasteiger partial charge in [-0.1, -0.05) is 6.07 Å². The van der Waals surface area contributed by atoms with Crippen molar-refractivity contribution < 1.29 is 9.90 Å². The maximum absolute atomic E-state index is 12.1. The first-order valence-corrected chi connectivity index (χ1v) is 6.36. The van der Waals surface area contributed by atoms with Gasteiger partial charge in [-0.25, -0.2) is 0 Å². The number of carbonyl (C=O) groups excluding carboxylic acids is 1. The van der Waals surface area contributed by atoms with E-state index in [2.05, 4.69) is 4.98 Å². The van der Waals surface area contributed by atoms with Gasteiger partial charge in [0, 0.05) is 31.4 Å². The zero-order valence-electron chi connectivity index (χ0n) is 11.0. The van der Waals surface area contributed by atoms with E-state index in [1.54, 1.807) is 12.4 Å². The van der Waals surface area contributed by atoms with E-state index in [4.69, 9.17) is 0 Å². The molecule has 2 heterocycles. The molecule has 4 heteroatoms. The van der Waals surface area contributed by atoms with E-state index in [1.807, 2.05) is 30.9 Å². The minimum atomic E-state index is -0.705. The first-order chi connectivity index (χ1) is 8.47. The van der Waals surface area contributed by atoms with Crippen molar-refractivity contribution in [2.45, 2.75) is 32.3 Å². The lowest BCUT2D eigenvalue weighted by Crippen LogP contribution is -2.36. The largest absolute Gasteiger partial charge is 0.390 e. The SMILES string of the molecule is CC(C)(O)C1CCN(C(=O)Cc2cccnc2)C1. The molecule has 1 atom stereocenters. The summed E-state index contributed by atoms with van der Waals surface area (Å²) >= 11 is 0. The molecule has 1 saturated heterocycles. The van der Waals surface area contributed by atoms with Gasteiger partial charge in [-0.15, -0.1) is 0 Å². The third-order valence-corrected chi connectivity index (χ3v) is 3.62. The lowest BCUT2D eigenvalue weighted by molar-refractivity contribution is -0.129. The molecule has 0 aromatic carbocycles. The Morgan fingerprint density at radius 3 is 2.94 bits per heavy atom. The van der Waals surface area contributed by atoms with Crippen LogP contribution >= 0.6 is 0 Å². The quantitative estimate of drug-likeness (QED) is 0.875. The fraction of sp³-hybridized carbons (Fsp3) is 0.571. The summed E-state index contributed by atoms with van der Waals surface area (Å²) < 4.78 is 0. The highest BCUT2D eigenvalue weighted by Gasteiger charge is 2.35. The van der Waals surface area contributed by atoms with Gasteiger partial charge in [0.2, 0.25) is 5.91 Å². The average Bonchev–Trinajstić information content (AvgIpc) is 2.79. The summed E-state index contributed by atoms with van der Waals surface area (Å²) in [5.41, 5.74) is 0.234. The van der Waals surface area contributed by atoms with Crippen LogP contribution in [0.1, 0.15) is 25.8 Å². The molecular weight excluding hydrogens is 228 g/mol. The number of hydrogen-bond acceptors (Lipinski definition) is 3. The predicted octanol–water partition coefficient (Wildman–Crippen LogP) is 1.24. The minimum Gasteiger partial charge on any atom is -0.390 e.